The minimum absolute atomic E-state index is 0.165. The molecular weight excluding hydrogens is 246 g/mol. The predicted molar refractivity (Wildman–Crippen MR) is 64.1 cm³/mol. The highest BCUT2D eigenvalue weighted by Crippen LogP contribution is 2.18. The number of aromatic nitrogens is 2. The van der Waals surface area contributed by atoms with Crippen molar-refractivity contribution in [2.45, 2.75) is 6.54 Å². The van der Waals surface area contributed by atoms with Crippen molar-refractivity contribution in [3.8, 4) is 0 Å². The molecule has 0 bridgehead atoms. The first-order valence-corrected chi connectivity index (χ1v) is 5.84. The van der Waals surface area contributed by atoms with Crippen LogP contribution in [0, 0.1) is 0 Å². The fourth-order valence-corrected chi connectivity index (χ4v) is 2.04. The molecule has 0 aromatic carbocycles. The Labute approximate surface area is 101 Å². The Bertz CT molecular complexity index is 487. The maximum Gasteiger partial charge on any atom is 0.156 e. The molecule has 1 N–H and O–H groups in total. The van der Waals surface area contributed by atoms with Gasteiger partial charge in [0.2, 0.25) is 0 Å². The van der Waals surface area contributed by atoms with E-state index >= 15 is 0 Å². The molecule has 0 radical (unpaired) electrons. The third-order valence-electron chi connectivity index (χ3n) is 1.99. The third-order valence-corrected chi connectivity index (χ3v) is 3.03. The van der Waals surface area contributed by atoms with Gasteiger partial charge < -0.3 is 5.32 Å². The predicted octanol–water partition coefficient (Wildman–Crippen LogP) is 2.62. The number of aldehydes is 1. The van der Waals surface area contributed by atoms with Crippen LogP contribution in [0.4, 0.5) is 5.82 Å². The lowest BCUT2D eigenvalue weighted by Crippen LogP contribution is -2.04. The molecule has 16 heavy (non-hydrogen) atoms. The van der Waals surface area contributed by atoms with Crippen molar-refractivity contribution in [2.24, 2.45) is 0 Å². The van der Waals surface area contributed by atoms with Crippen LogP contribution in [-0.2, 0) is 6.54 Å². The fourth-order valence-electron chi connectivity index (χ4n) is 1.20. The maximum atomic E-state index is 10.8. The molecule has 0 amide bonds. The number of nitrogens with zero attached hydrogens (tertiary/aromatic N) is 2. The van der Waals surface area contributed by atoms with E-state index in [9.17, 15) is 4.79 Å². The normalized spacial score (nSPS) is 10.1. The van der Waals surface area contributed by atoms with E-state index in [1.807, 2.05) is 16.8 Å². The molecule has 4 nitrogen and oxygen atoms in total. The fraction of sp³-hybridized carbons (Fsp3) is 0.100. The van der Waals surface area contributed by atoms with Gasteiger partial charge in [-0.25, -0.2) is 9.97 Å². The minimum Gasteiger partial charge on any atom is -0.365 e. The number of carbonyl (C=O) groups is 1. The average Bonchev–Trinajstić information content (AvgIpc) is 2.79. The molecule has 2 rings (SSSR count). The van der Waals surface area contributed by atoms with E-state index in [2.05, 4.69) is 15.3 Å². The highest BCUT2D eigenvalue weighted by atomic mass is 35.5. The molecule has 2 heterocycles. The van der Waals surface area contributed by atoms with Gasteiger partial charge >= 0.3 is 0 Å². The van der Waals surface area contributed by atoms with Gasteiger partial charge in [0, 0.05) is 6.54 Å². The summed E-state index contributed by atoms with van der Waals surface area (Å²) in [7, 11) is 0. The Morgan fingerprint density at radius 3 is 3.06 bits per heavy atom. The zero-order valence-corrected chi connectivity index (χ0v) is 9.76. The minimum atomic E-state index is 0.165. The number of nitrogens with one attached hydrogen (secondary N) is 1. The molecule has 6 heteroatoms. The summed E-state index contributed by atoms with van der Waals surface area (Å²) in [6, 6.07) is 2.00. The van der Waals surface area contributed by atoms with Gasteiger partial charge in [-0.1, -0.05) is 11.6 Å². The summed E-state index contributed by atoms with van der Waals surface area (Å²) in [4.78, 5) is 18.5. The van der Waals surface area contributed by atoms with Crippen LogP contribution in [0.25, 0.3) is 0 Å². The molecule has 0 spiro atoms. The second kappa shape index (κ2) is 5.05. The van der Waals surface area contributed by atoms with E-state index in [0.717, 1.165) is 5.56 Å². The Morgan fingerprint density at radius 2 is 2.38 bits per heavy atom. The SMILES string of the molecule is O=Cc1c(Cl)ncnc1NCc1ccsc1. The summed E-state index contributed by atoms with van der Waals surface area (Å²) in [5, 5.41) is 7.23. The average molecular weight is 254 g/mol. The number of hydrogen-bond donors (Lipinski definition) is 1. The molecule has 0 aliphatic heterocycles. The molecule has 2 aromatic rings. The topological polar surface area (TPSA) is 54.9 Å². The van der Waals surface area contributed by atoms with Gasteiger partial charge in [0.15, 0.2) is 6.29 Å². The molecule has 0 unspecified atom stereocenters. The highest BCUT2D eigenvalue weighted by Gasteiger charge is 2.08. The second-order valence-electron chi connectivity index (χ2n) is 3.03. The first kappa shape index (κ1) is 11.0. The van der Waals surface area contributed by atoms with Crippen LogP contribution >= 0.6 is 22.9 Å². The molecule has 0 atom stereocenters. The van der Waals surface area contributed by atoms with Crippen LogP contribution in [0.5, 0.6) is 0 Å². The lowest BCUT2D eigenvalue weighted by atomic mass is 10.3. The van der Waals surface area contributed by atoms with Crippen molar-refractivity contribution >= 4 is 35.0 Å². The van der Waals surface area contributed by atoms with Crippen molar-refractivity contribution < 1.29 is 4.79 Å². The largest absolute Gasteiger partial charge is 0.365 e. The number of halogens is 1. The van der Waals surface area contributed by atoms with Crippen molar-refractivity contribution in [1.82, 2.24) is 9.97 Å². The summed E-state index contributed by atoms with van der Waals surface area (Å²) in [5.74, 6) is 0.459. The molecule has 0 fully saturated rings. The maximum absolute atomic E-state index is 10.8. The van der Waals surface area contributed by atoms with Crippen molar-refractivity contribution in [1.29, 1.82) is 0 Å². The highest BCUT2D eigenvalue weighted by molar-refractivity contribution is 7.07. The van der Waals surface area contributed by atoms with Crippen LogP contribution in [0.2, 0.25) is 5.15 Å². The number of hydrogen-bond acceptors (Lipinski definition) is 5. The molecular formula is C10H8ClN3OS. The molecule has 2 aromatic heterocycles. The van der Waals surface area contributed by atoms with Gasteiger partial charge in [-0.05, 0) is 22.4 Å². The van der Waals surface area contributed by atoms with E-state index in [-0.39, 0.29) is 5.15 Å². The standard InChI is InChI=1S/C10H8ClN3OS/c11-9-8(4-15)10(14-6-13-9)12-3-7-1-2-16-5-7/h1-2,4-6H,3H2,(H,12,13,14). The zero-order chi connectivity index (χ0) is 11.4. The molecule has 0 saturated heterocycles. The van der Waals surface area contributed by atoms with Crippen LogP contribution in [0.1, 0.15) is 15.9 Å². The van der Waals surface area contributed by atoms with Gasteiger partial charge in [0.05, 0.1) is 5.56 Å². The van der Waals surface area contributed by atoms with E-state index in [1.165, 1.54) is 6.33 Å². The first-order valence-electron chi connectivity index (χ1n) is 4.52. The Hall–Kier alpha value is -1.46. The lowest BCUT2D eigenvalue weighted by molar-refractivity contribution is 0.112. The number of anilines is 1. The van der Waals surface area contributed by atoms with Gasteiger partial charge in [-0.15, -0.1) is 0 Å². The summed E-state index contributed by atoms with van der Waals surface area (Å²) < 4.78 is 0. The van der Waals surface area contributed by atoms with Crippen LogP contribution < -0.4 is 5.32 Å². The number of thiophene rings is 1. The van der Waals surface area contributed by atoms with Gasteiger partial charge in [0.1, 0.15) is 17.3 Å². The summed E-state index contributed by atoms with van der Waals surface area (Å²) >= 11 is 7.39. The first-order chi connectivity index (χ1) is 7.81. The van der Waals surface area contributed by atoms with E-state index < -0.39 is 0 Å². The Balaban J connectivity index is 2.15. The lowest BCUT2D eigenvalue weighted by Gasteiger charge is -2.06. The summed E-state index contributed by atoms with van der Waals surface area (Å²) in [6.45, 7) is 0.609. The van der Waals surface area contributed by atoms with Crippen molar-refractivity contribution in [3.05, 3.63) is 39.4 Å². The van der Waals surface area contributed by atoms with Gasteiger partial charge in [-0.3, -0.25) is 4.79 Å². The number of carbonyl (C=O) groups excluding carboxylic acids is 1. The smallest absolute Gasteiger partial charge is 0.156 e. The molecule has 0 saturated carbocycles. The van der Waals surface area contributed by atoms with Crippen LogP contribution in [-0.4, -0.2) is 16.3 Å². The molecule has 0 aliphatic carbocycles. The van der Waals surface area contributed by atoms with Gasteiger partial charge in [-0.2, -0.15) is 11.3 Å². The monoisotopic (exact) mass is 253 g/mol. The summed E-state index contributed by atoms with van der Waals surface area (Å²) in [5.41, 5.74) is 1.43. The van der Waals surface area contributed by atoms with Crippen LogP contribution in [0.15, 0.2) is 23.2 Å². The van der Waals surface area contributed by atoms with E-state index in [4.69, 9.17) is 11.6 Å². The second-order valence-corrected chi connectivity index (χ2v) is 4.17. The Morgan fingerprint density at radius 1 is 1.50 bits per heavy atom. The van der Waals surface area contributed by atoms with E-state index in [1.54, 1.807) is 11.3 Å². The van der Waals surface area contributed by atoms with Crippen LogP contribution in [0.3, 0.4) is 0 Å². The number of rotatable bonds is 4. The molecule has 0 aliphatic rings. The van der Waals surface area contributed by atoms with Crippen molar-refractivity contribution in [3.63, 3.8) is 0 Å². The third kappa shape index (κ3) is 2.37. The van der Waals surface area contributed by atoms with Crippen molar-refractivity contribution in [2.75, 3.05) is 5.32 Å². The Kier molecular flexibility index (Phi) is 3.48. The van der Waals surface area contributed by atoms with Gasteiger partial charge in [0.25, 0.3) is 0 Å². The quantitative estimate of drug-likeness (QED) is 0.672. The summed E-state index contributed by atoms with van der Waals surface area (Å²) in [6.07, 6.45) is 1.98. The molecule has 82 valence electrons. The van der Waals surface area contributed by atoms with E-state index in [0.29, 0.717) is 24.2 Å². The zero-order valence-electron chi connectivity index (χ0n) is 8.18.